The van der Waals surface area contributed by atoms with Gasteiger partial charge < -0.3 is 19.3 Å². The van der Waals surface area contributed by atoms with Crippen molar-refractivity contribution in [2.75, 3.05) is 66.8 Å². The lowest BCUT2D eigenvalue weighted by atomic mass is 10.1. The molecule has 1 saturated heterocycles. The van der Waals surface area contributed by atoms with Crippen molar-refractivity contribution >= 4 is 15.9 Å². The third-order valence-corrected chi connectivity index (χ3v) is 4.82. The molecule has 1 aromatic carbocycles. The topological polar surface area (TPSA) is 54.4 Å². The van der Waals surface area contributed by atoms with Crippen molar-refractivity contribution in [2.45, 2.75) is 6.54 Å². The summed E-state index contributed by atoms with van der Waals surface area (Å²) in [5.74, 6) is 1.64. The van der Waals surface area contributed by atoms with Crippen molar-refractivity contribution in [2.24, 2.45) is 0 Å². The third kappa shape index (κ3) is 5.60. The fraction of sp³-hybridized carbons (Fsp3) is 0.647. The second kappa shape index (κ2) is 10.2. The summed E-state index contributed by atoms with van der Waals surface area (Å²) in [5, 5.41) is 8.71. The van der Waals surface area contributed by atoms with Crippen molar-refractivity contribution in [3.05, 3.63) is 22.2 Å². The summed E-state index contributed by atoms with van der Waals surface area (Å²) in [7, 11) is 3.35. The zero-order valence-electron chi connectivity index (χ0n) is 14.5. The van der Waals surface area contributed by atoms with E-state index in [-0.39, 0.29) is 6.61 Å². The molecule has 0 spiro atoms. The van der Waals surface area contributed by atoms with Gasteiger partial charge in [0.15, 0.2) is 0 Å². The fourth-order valence-corrected chi connectivity index (χ4v) is 3.37. The highest BCUT2D eigenvalue weighted by molar-refractivity contribution is 9.10. The zero-order chi connectivity index (χ0) is 17.4. The molecular formula is C17H27BrN2O4. The van der Waals surface area contributed by atoms with Crippen LogP contribution in [0, 0.1) is 0 Å². The molecule has 1 aromatic rings. The van der Waals surface area contributed by atoms with Crippen LogP contribution in [0.3, 0.4) is 0 Å². The van der Waals surface area contributed by atoms with Crippen molar-refractivity contribution in [3.8, 4) is 11.5 Å². The molecule has 0 saturated carbocycles. The summed E-state index contributed by atoms with van der Waals surface area (Å²) < 4.78 is 17.1. The van der Waals surface area contributed by atoms with Gasteiger partial charge in [0.2, 0.25) is 0 Å². The van der Waals surface area contributed by atoms with Gasteiger partial charge in [0.25, 0.3) is 0 Å². The monoisotopic (exact) mass is 402 g/mol. The van der Waals surface area contributed by atoms with Crippen molar-refractivity contribution in [3.63, 3.8) is 0 Å². The van der Waals surface area contributed by atoms with Crippen molar-refractivity contribution < 1.29 is 19.3 Å². The van der Waals surface area contributed by atoms with Gasteiger partial charge in [-0.25, -0.2) is 0 Å². The molecule has 0 bridgehead atoms. The smallest absolute Gasteiger partial charge is 0.136 e. The maximum Gasteiger partial charge on any atom is 0.136 e. The molecule has 0 aliphatic carbocycles. The van der Waals surface area contributed by atoms with Crippen molar-refractivity contribution in [1.29, 1.82) is 0 Å². The predicted octanol–water partition coefficient (Wildman–Crippen LogP) is 1.59. The number of ether oxygens (including phenoxy) is 3. The van der Waals surface area contributed by atoms with E-state index in [9.17, 15) is 0 Å². The minimum atomic E-state index is 0.0903. The molecule has 1 fully saturated rings. The van der Waals surface area contributed by atoms with Crippen LogP contribution in [-0.4, -0.2) is 81.7 Å². The molecular weight excluding hydrogens is 376 g/mol. The summed E-state index contributed by atoms with van der Waals surface area (Å²) in [6.45, 7) is 7.08. The lowest BCUT2D eigenvalue weighted by molar-refractivity contribution is 0.0562. The first-order valence-corrected chi connectivity index (χ1v) is 9.01. The van der Waals surface area contributed by atoms with Gasteiger partial charge in [-0.2, -0.15) is 0 Å². The van der Waals surface area contributed by atoms with E-state index < -0.39 is 0 Å². The first kappa shape index (κ1) is 19.5. The average Bonchev–Trinajstić information content (AvgIpc) is 2.60. The number of aliphatic hydroxyl groups is 1. The largest absolute Gasteiger partial charge is 0.496 e. The van der Waals surface area contributed by atoms with Crippen LogP contribution < -0.4 is 9.47 Å². The molecule has 1 aliphatic rings. The molecule has 6 nitrogen and oxygen atoms in total. The Labute approximate surface area is 152 Å². The predicted molar refractivity (Wildman–Crippen MR) is 96.9 cm³/mol. The number of piperazine rings is 1. The van der Waals surface area contributed by atoms with E-state index in [0.29, 0.717) is 13.2 Å². The lowest BCUT2D eigenvalue weighted by Gasteiger charge is -2.34. The zero-order valence-corrected chi connectivity index (χ0v) is 16.0. The number of nitrogens with zero attached hydrogens (tertiary/aromatic N) is 2. The number of aliphatic hydroxyl groups excluding tert-OH is 1. The van der Waals surface area contributed by atoms with E-state index in [1.165, 1.54) is 0 Å². The minimum Gasteiger partial charge on any atom is -0.496 e. The van der Waals surface area contributed by atoms with Crippen LogP contribution in [0.2, 0.25) is 0 Å². The van der Waals surface area contributed by atoms with E-state index in [2.05, 4.69) is 31.8 Å². The summed E-state index contributed by atoms with van der Waals surface area (Å²) >= 11 is 3.55. The molecule has 0 amide bonds. The number of methoxy groups -OCH3 is 2. The summed E-state index contributed by atoms with van der Waals surface area (Å²) in [6, 6.07) is 4.00. The summed E-state index contributed by atoms with van der Waals surface area (Å²) in [4.78, 5) is 4.83. The summed E-state index contributed by atoms with van der Waals surface area (Å²) in [5.41, 5.74) is 1.16. The Kier molecular flexibility index (Phi) is 8.28. The Balaban J connectivity index is 1.84. The highest BCUT2D eigenvalue weighted by Crippen LogP contribution is 2.33. The number of halogens is 1. The first-order valence-electron chi connectivity index (χ1n) is 8.21. The van der Waals surface area contributed by atoms with Gasteiger partial charge in [0.1, 0.15) is 11.5 Å². The van der Waals surface area contributed by atoms with Crippen LogP contribution in [-0.2, 0) is 11.3 Å². The molecule has 1 heterocycles. The number of hydrogen-bond donors (Lipinski definition) is 1. The van der Waals surface area contributed by atoms with Gasteiger partial charge in [-0.15, -0.1) is 0 Å². The SMILES string of the molecule is COc1cc(OC)c(CN2CCN(CCOCCO)CC2)cc1Br. The Morgan fingerprint density at radius 2 is 1.67 bits per heavy atom. The van der Waals surface area contributed by atoms with E-state index in [1.807, 2.05) is 6.07 Å². The maximum atomic E-state index is 8.71. The lowest BCUT2D eigenvalue weighted by Crippen LogP contribution is -2.46. The highest BCUT2D eigenvalue weighted by atomic mass is 79.9. The normalized spacial score (nSPS) is 16.3. The van der Waals surface area contributed by atoms with Crippen LogP contribution in [0.1, 0.15) is 5.56 Å². The molecule has 24 heavy (non-hydrogen) atoms. The van der Waals surface area contributed by atoms with Crippen LogP contribution >= 0.6 is 15.9 Å². The molecule has 0 radical (unpaired) electrons. The quantitative estimate of drug-likeness (QED) is 0.633. The van der Waals surface area contributed by atoms with E-state index in [4.69, 9.17) is 19.3 Å². The summed E-state index contributed by atoms with van der Waals surface area (Å²) in [6.07, 6.45) is 0. The molecule has 0 unspecified atom stereocenters. The second-order valence-corrected chi connectivity index (χ2v) is 6.61. The number of rotatable bonds is 9. The maximum absolute atomic E-state index is 8.71. The molecule has 7 heteroatoms. The minimum absolute atomic E-state index is 0.0903. The Morgan fingerprint density at radius 3 is 2.29 bits per heavy atom. The Morgan fingerprint density at radius 1 is 1.00 bits per heavy atom. The highest BCUT2D eigenvalue weighted by Gasteiger charge is 2.19. The second-order valence-electron chi connectivity index (χ2n) is 5.75. The van der Waals surface area contributed by atoms with E-state index in [1.54, 1.807) is 14.2 Å². The van der Waals surface area contributed by atoms with Crippen LogP contribution in [0.4, 0.5) is 0 Å². The third-order valence-electron chi connectivity index (χ3n) is 4.20. The standard InChI is InChI=1S/C17H27BrN2O4/c1-22-16-12-17(23-2)15(18)11-14(16)13-20-5-3-19(4-6-20)7-9-24-10-8-21/h11-12,21H,3-10,13H2,1-2H3. The van der Waals surface area contributed by atoms with Crippen molar-refractivity contribution in [1.82, 2.24) is 9.80 Å². The van der Waals surface area contributed by atoms with Crippen LogP contribution in [0.5, 0.6) is 11.5 Å². The molecule has 1 N–H and O–H groups in total. The molecule has 0 aromatic heterocycles. The van der Waals surface area contributed by atoms with Gasteiger partial charge in [-0.1, -0.05) is 0 Å². The van der Waals surface area contributed by atoms with Gasteiger partial charge in [-0.05, 0) is 22.0 Å². The Bertz CT molecular complexity index is 508. The van der Waals surface area contributed by atoms with Gasteiger partial charge >= 0.3 is 0 Å². The van der Waals surface area contributed by atoms with Crippen LogP contribution in [0.15, 0.2) is 16.6 Å². The number of hydrogen-bond acceptors (Lipinski definition) is 6. The van der Waals surface area contributed by atoms with Gasteiger partial charge in [0, 0.05) is 50.9 Å². The molecule has 2 rings (SSSR count). The average molecular weight is 403 g/mol. The number of benzene rings is 1. The molecule has 0 atom stereocenters. The van der Waals surface area contributed by atoms with Gasteiger partial charge in [-0.3, -0.25) is 9.80 Å². The van der Waals surface area contributed by atoms with E-state index in [0.717, 1.165) is 60.8 Å². The fourth-order valence-electron chi connectivity index (χ4n) is 2.82. The molecule has 136 valence electrons. The Hall–Kier alpha value is -0.860. The van der Waals surface area contributed by atoms with Gasteiger partial charge in [0.05, 0.1) is 38.5 Å². The first-order chi connectivity index (χ1) is 11.7. The molecule has 1 aliphatic heterocycles. The van der Waals surface area contributed by atoms with E-state index >= 15 is 0 Å². The van der Waals surface area contributed by atoms with Crippen LogP contribution in [0.25, 0.3) is 0 Å².